The van der Waals surface area contributed by atoms with Crippen molar-refractivity contribution < 1.29 is 14.3 Å². The largest absolute Gasteiger partial charge is 0.490 e. The van der Waals surface area contributed by atoms with E-state index in [4.69, 9.17) is 9.47 Å². The minimum atomic E-state index is -0.0460. The van der Waals surface area contributed by atoms with Gasteiger partial charge in [-0.2, -0.15) is 0 Å². The van der Waals surface area contributed by atoms with Crippen molar-refractivity contribution in [2.24, 2.45) is 5.92 Å². The van der Waals surface area contributed by atoms with Gasteiger partial charge in [-0.15, -0.1) is 0 Å². The number of carbonyl (C=O) groups is 1. The van der Waals surface area contributed by atoms with Crippen LogP contribution in [0.5, 0.6) is 11.5 Å². The lowest BCUT2D eigenvalue weighted by Crippen LogP contribution is -2.41. The van der Waals surface area contributed by atoms with Crippen molar-refractivity contribution in [1.29, 1.82) is 0 Å². The van der Waals surface area contributed by atoms with Crippen LogP contribution in [-0.4, -0.2) is 49.7 Å². The maximum absolute atomic E-state index is 12.5. The van der Waals surface area contributed by atoms with E-state index in [0.29, 0.717) is 42.2 Å². The molecule has 2 rings (SSSR count). The summed E-state index contributed by atoms with van der Waals surface area (Å²) >= 11 is 0. The maximum atomic E-state index is 12.5. The molecule has 25 heavy (non-hydrogen) atoms. The number of hydrogen-bond donors (Lipinski definition) is 1. The lowest BCUT2D eigenvalue weighted by atomic mass is 9.96. The van der Waals surface area contributed by atoms with Crippen molar-refractivity contribution in [2.75, 3.05) is 32.8 Å². The number of carbonyl (C=O) groups excluding carboxylic acids is 1. The minimum Gasteiger partial charge on any atom is -0.490 e. The van der Waals surface area contributed by atoms with E-state index in [-0.39, 0.29) is 5.91 Å². The molecule has 0 aromatic heterocycles. The summed E-state index contributed by atoms with van der Waals surface area (Å²) in [7, 11) is 0. The van der Waals surface area contributed by atoms with Gasteiger partial charge in [-0.05, 0) is 77.7 Å². The predicted octanol–water partition coefficient (Wildman–Crippen LogP) is 3.33. The molecule has 5 heteroatoms. The number of likely N-dealkylation sites (tertiary alicyclic amines) is 1. The Kier molecular flexibility index (Phi) is 7.56. The molecule has 0 unspecified atom stereocenters. The SMILES string of the molecule is CCOc1ccc(C(=O)NCC2CCN(C(C)C)CC2)cc1OCC. The molecule has 0 atom stereocenters. The Morgan fingerprint density at radius 2 is 1.80 bits per heavy atom. The first-order valence-corrected chi connectivity index (χ1v) is 9.47. The zero-order chi connectivity index (χ0) is 18.2. The highest BCUT2D eigenvalue weighted by molar-refractivity contribution is 5.94. The van der Waals surface area contributed by atoms with Gasteiger partial charge in [-0.1, -0.05) is 0 Å². The molecule has 1 aromatic rings. The van der Waals surface area contributed by atoms with Crippen LogP contribution in [0.25, 0.3) is 0 Å². The number of hydrogen-bond acceptors (Lipinski definition) is 4. The first-order valence-electron chi connectivity index (χ1n) is 9.47. The van der Waals surface area contributed by atoms with Gasteiger partial charge < -0.3 is 19.7 Å². The van der Waals surface area contributed by atoms with Crippen LogP contribution in [0.3, 0.4) is 0 Å². The molecule has 0 spiro atoms. The Morgan fingerprint density at radius 1 is 1.16 bits per heavy atom. The highest BCUT2D eigenvalue weighted by Gasteiger charge is 2.21. The fourth-order valence-corrected chi connectivity index (χ4v) is 3.20. The monoisotopic (exact) mass is 348 g/mol. The average Bonchev–Trinajstić information content (AvgIpc) is 2.62. The Morgan fingerprint density at radius 3 is 2.40 bits per heavy atom. The number of rotatable bonds is 8. The van der Waals surface area contributed by atoms with E-state index in [0.717, 1.165) is 32.5 Å². The smallest absolute Gasteiger partial charge is 0.251 e. The summed E-state index contributed by atoms with van der Waals surface area (Å²) in [6, 6.07) is 5.98. The van der Waals surface area contributed by atoms with E-state index in [9.17, 15) is 4.79 Å². The first-order chi connectivity index (χ1) is 12.0. The number of ether oxygens (including phenoxy) is 2. The molecule has 1 N–H and O–H groups in total. The van der Waals surface area contributed by atoms with Crippen molar-refractivity contribution in [3.8, 4) is 11.5 Å². The second-order valence-corrected chi connectivity index (χ2v) is 6.81. The van der Waals surface area contributed by atoms with E-state index < -0.39 is 0 Å². The fraction of sp³-hybridized carbons (Fsp3) is 0.650. The van der Waals surface area contributed by atoms with Crippen LogP contribution in [0.1, 0.15) is 50.9 Å². The molecule has 0 radical (unpaired) electrons. The molecule has 1 aliphatic heterocycles. The Labute approximate surface area is 151 Å². The molecule has 140 valence electrons. The van der Waals surface area contributed by atoms with E-state index >= 15 is 0 Å². The number of piperidine rings is 1. The molecule has 0 bridgehead atoms. The fourth-order valence-electron chi connectivity index (χ4n) is 3.20. The second kappa shape index (κ2) is 9.66. The lowest BCUT2D eigenvalue weighted by Gasteiger charge is -2.34. The summed E-state index contributed by atoms with van der Waals surface area (Å²) in [5, 5.41) is 3.08. The molecule has 1 saturated heterocycles. The molecule has 1 fully saturated rings. The average molecular weight is 348 g/mol. The van der Waals surface area contributed by atoms with Crippen molar-refractivity contribution >= 4 is 5.91 Å². The Balaban J connectivity index is 1.89. The molecule has 5 nitrogen and oxygen atoms in total. The Bertz CT molecular complexity index is 552. The summed E-state index contributed by atoms with van der Waals surface area (Å²) < 4.78 is 11.1. The van der Waals surface area contributed by atoms with E-state index in [1.54, 1.807) is 12.1 Å². The van der Waals surface area contributed by atoms with Crippen LogP contribution in [0.15, 0.2) is 18.2 Å². The molecular weight excluding hydrogens is 316 g/mol. The quantitative estimate of drug-likeness (QED) is 0.783. The van der Waals surface area contributed by atoms with Gasteiger partial charge in [0.05, 0.1) is 13.2 Å². The lowest BCUT2D eigenvalue weighted by molar-refractivity contribution is 0.0929. The van der Waals surface area contributed by atoms with Gasteiger partial charge in [-0.3, -0.25) is 4.79 Å². The van der Waals surface area contributed by atoms with Crippen LogP contribution in [0.4, 0.5) is 0 Å². The highest BCUT2D eigenvalue weighted by Crippen LogP contribution is 2.28. The van der Waals surface area contributed by atoms with Crippen LogP contribution in [0, 0.1) is 5.92 Å². The summed E-state index contributed by atoms with van der Waals surface area (Å²) in [6.07, 6.45) is 2.29. The number of benzene rings is 1. The third-order valence-corrected chi connectivity index (χ3v) is 4.74. The highest BCUT2D eigenvalue weighted by atomic mass is 16.5. The Hall–Kier alpha value is -1.75. The third-order valence-electron chi connectivity index (χ3n) is 4.74. The van der Waals surface area contributed by atoms with Gasteiger partial charge in [0.1, 0.15) is 0 Å². The number of amides is 1. The van der Waals surface area contributed by atoms with Gasteiger partial charge in [0.25, 0.3) is 5.91 Å². The summed E-state index contributed by atoms with van der Waals surface area (Å²) in [5.41, 5.74) is 0.617. The number of nitrogens with zero attached hydrogens (tertiary/aromatic N) is 1. The van der Waals surface area contributed by atoms with Crippen LogP contribution >= 0.6 is 0 Å². The molecular formula is C20H32N2O3. The molecule has 0 saturated carbocycles. The van der Waals surface area contributed by atoms with Gasteiger partial charge in [-0.25, -0.2) is 0 Å². The molecule has 0 aliphatic carbocycles. The van der Waals surface area contributed by atoms with E-state index in [1.807, 2.05) is 19.9 Å². The van der Waals surface area contributed by atoms with Crippen molar-refractivity contribution in [3.63, 3.8) is 0 Å². The van der Waals surface area contributed by atoms with Gasteiger partial charge >= 0.3 is 0 Å². The second-order valence-electron chi connectivity index (χ2n) is 6.81. The number of nitrogens with one attached hydrogen (secondary N) is 1. The van der Waals surface area contributed by atoms with Crippen LogP contribution in [0.2, 0.25) is 0 Å². The van der Waals surface area contributed by atoms with E-state index in [1.165, 1.54) is 0 Å². The third kappa shape index (κ3) is 5.63. The zero-order valence-corrected chi connectivity index (χ0v) is 16.0. The van der Waals surface area contributed by atoms with Gasteiger partial charge in [0.15, 0.2) is 11.5 Å². The van der Waals surface area contributed by atoms with Crippen molar-refractivity contribution in [1.82, 2.24) is 10.2 Å². The van der Waals surface area contributed by atoms with Crippen molar-refractivity contribution in [3.05, 3.63) is 23.8 Å². The molecule has 1 heterocycles. The zero-order valence-electron chi connectivity index (χ0n) is 16.0. The normalized spacial score (nSPS) is 16.0. The maximum Gasteiger partial charge on any atom is 0.251 e. The van der Waals surface area contributed by atoms with Gasteiger partial charge in [0, 0.05) is 18.2 Å². The van der Waals surface area contributed by atoms with Crippen LogP contribution < -0.4 is 14.8 Å². The summed E-state index contributed by atoms with van der Waals surface area (Å²) in [6.45, 7) is 12.4. The van der Waals surface area contributed by atoms with Gasteiger partial charge in [0.2, 0.25) is 0 Å². The standard InChI is InChI=1S/C20H32N2O3/c1-5-24-18-8-7-17(13-19(18)25-6-2)20(23)21-14-16-9-11-22(12-10-16)15(3)4/h7-8,13,15-16H,5-6,9-12,14H2,1-4H3,(H,21,23). The van der Waals surface area contributed by atoms with E-state index in [2.05, 4.69) is 24.1 Å². The van der Waals surface area contributed by atoms with Crippen molar-refractivity contribution in [2.45, 2.75) is 46.6 Å². The first kappa shape index (κ1) is 19.6. The molecule has 1 amide bonds. The topological polar surface area (TPSA) is 50.8 Å². The summed E-state index contributed by atoms with van der Waals surface area (Å²) in [5.74, 6) is 1.83. The predicted molar refractivity (Wildman–Crippen MR) is 101 cm³/mol. The molecule has 1 aromatic carbocycles. The van der Waals surface area contributed by atoms with Crippen LogP contribution in [-0.2, 0) is 0 Å². The minimum absolute atomic E-state index is 0.0460. The summed E-state index contributed by atoms with van der Waals surface area (Å²) in [4.78, 5) is 15.0. The molecule has 1 aliphatic rings.